The zero-order valence-electron chi connectivity index (χ0n) is 18.0. The van der Waals surface area contributed by atoms with Crippen molar-refractivity contribution in [2.45, 2.75) is 46.6 Å². The number of carbonyl (C=O) groups is 1. The average molecular weight is 412 g/mol. The van der Waals surface area contributed by atoms with Gasteiger partial charge in [0, 0.05) is 0 Å². The minimum atomic E-state index is -0.484. The fourth-order valence-electron chi connectivity index (χ4n) is 3.13. The van der Waals surface area contributed by atoms with Crippen molar-refractivity contribution in [2.75, 3.05) is 12.8 Å². The van der Waals surface area contributed by atoms with Crippen molar-refractivity contribution >= 4 is 28.5 Å². The molecule has 3 rings (SSSR count). The van der Waals surface area contributed by atoms with Crippen LogP contribution >= 0.6 is 0 Å². The van der Waals surface area contributed by atoms with Gasteiger partial charge in [0.05, 0.1) is 30.3 Å². The van der Waals surface area contributed by atoms with Gasteiger partial charge in [-0.05, 0) is 37.5 Å². The summed E-state index contributed by atoms with van der Waals surface area (Å²) < 4.78 is 7.55. The van der Waals surface area contributed by atoms with Gasteiger partial charge >= 0.3 is 11.7 Å². The third kappa shape index (κ3) is 4.59. The first-order chi connectivity index (χ1) is 14.5. The summed E-state index contributed by atoms with van der Waals surface area (Å²) in [7, 11) is 1.31. The molecule has 0 aliphatic heterocycles. The highest BCUT2D eigenvalue weighted by atomic mass is 16.5. The molecule has 160 valence electrons. The molecular formula is C22H29N5O3. The smallest absolute Gasteiger partial charge is 0.351 e. The third-order valence-corrected chi connectivity index (χ3v) is 4.46. The van der Waals surface area contributed by atoms with Crippen LogP contribution in [0.2, 0.25) is 0 Å². The highest BCUT2D eigenvalue weighted by Gasteiger charge is 2.16. The summed E-state index contributed by atoms with van der Waals surface area (Å²) in [5, 5.41) is 4.39. The van der Waals surface area contributed by atoms with Gasteiger partial charge in [-0.1, -0.05) is 38.5 Å². The molecule has 2 N–H and O–H groups in total. The van der Waals surface area contributed by atoms with Crippen molar-refractivity contribution in [1.29, 1.82) is 0 Å². The van der Waals surface area contributed by atoms with Crippen molar-refractivity contribution < 1.29 is 9.53 Å². The average Bonchev–Trinajstić information content (AvgIpc) is 3.09. The number of allylic oxidation sites excluding steroid dienone is 3. The Morgan fingerprint density at radius 1 is 1.33 bits per heavy atom. The summed E-state index contributed by atoms with van der Waals surface area (Å²) in [4.78, 5) is 29.1. The Balaban J connectivity index is 0.00000155. The highest BCUT2D eigenvalue weighted by Crippen LogP contribution is 2.19. The largest absolute Gasteiger partial charge is 0.465 e. The number of carbonyl (C=O) groups excluding carboxylic acids is 1. The molecule has 0 radical (unpaired) electrons. The predicted molar refractivity (Wildman–Crippen MR) is 120 cm³/mol. The number of rotatable bonds is 7. The lowest BCUT2D eigenvalue weighted by Gasteiger charge is -2.05. The normalized spacial score (nSPS) is 11.3. The van der Waals surface area contributed by atoms with Crippen LogP contribution in [0.25, 0.3) is 16.7 Å². The van der Waals surface area contributed by atoms with E-state index in [0.29, 0.717) is 28.8 Å². The fraction of sp³-hybridized carbons (Fsp3) is 0.364. The first-order valence-electron chi connectivity index (χ1n) is 10.1. The first kappa shape index (κ1) is 22.9. The van der Waals surface area contributed by atoms with Crippen LogP contribution in [0.3, 0.4) is 0 Å². The molecule has 0 saturated carbocycles. The Morgan fingerprint density at radius 3 is 2.70 bits per heavy atom. The number of ether oxygens (including phenoxy) is 1. The van der Waals surface area contributed by atoms with Crippen LogP contribution in [0, 0.1) is 0 Å². The SMILES string of the molecule is C=CCC/C(=C\CC)Cn1nc2c(N)nc3cc(C(=O)OC)ccc3n2c1=O.CC. The zero-order valence-corrected chi connectivity index (χ0v) is 18.0. The molecule has 2 aromatic heterocycles. The molecule has 0 saturated heterocycles. The summed E-state index contributed by atoms with van der Waals surface area (Å²) in [5.41, 5.74) is 8.42. The van der Waals surface area contributed by atoms with Crippen LogP contribution in [0.4, 0.5) is 5.82 Å². The minimum absolute atomic E-state index is 0.123. The first-order valence-corrected chi connectivity index (χ1v) is 10.1. The summed E-state index contributed by atoms with van der Waals surface area (Å²) in [6.07, 6.45) is 6.47. The molecule has 0 spiro atoms. The van der Waals surface area contributed by atoms with Gasteiger partial charge in [-0.2, -0.15) is 0 Å². The molecule has 30 heavy (non-hydrogen) atoms. The van der Waals surface area contributed by atoms with Crippen LogP contribution in [0.1, 0.15) is 50.4 Å². The van der Waals surface area contributed by atoms with Gasteiger partial charge in [-0.3, -0.25) is 0 Å². The van der Waals surface area contributed by atoms with Crippen LogP contribution < -0.4 is 11.4 Å². The maximum atomic E-state index is 13.0. The molecule has 0 aliphatic carbocycles. The highest BCUT2D eigenvalue weighted by molar-refractivity contribution is 5.94. The Labute approximate surface area is 175 Å². The minimum Gasteiger partial charge on any atom is -0.465 e. The van der Waals surface area contributed by atoms with E-state index in [2.05, 4.69) is 29.7 Å². The lowest BCUT2D eigenvalue weighted by atomic mass is 10.1. The van der Waals surface area contributed by atoms with E-state index in [1.807, 2.05) is 19.9 Å². The zero-order chi connectivity index (χ0) is 22.3. The van der Waals surface area contributed by atoms with Crippen molar-refractivity contribution in [3.8, 4) is 0 Å². The lowest BCUT2D eigenvalue weighted by molar-refractivity contribution is 0.0601. The predicted octanol–water partition coefficient (Wildman–Crippen LogP) is 3.74. The van der Waals surface area contributed by atoms with E-state index in [4.69, 9.17) is 10.5 Å². The number of nitrogen functional groups attached to an aromatic ring is 1. The number of methoxy groups -OCH3 is 1. The van der Waals surface area contributed by atoms with Gasteiger partial charge in [-0.15, -0.1) is 11.7 Å². The number of hydrogen-bond acceptors (Lipinski definition) is 6. The number of benzene rings is 1. The van der Waals surface area contributed by atoms with Crippen LogP contribution in [-0.2, 0) is 11.3 Å². The van der Waals surface area contributed by atoms with Crippen molar-refractivity contribution in [3.05, 3.63) is 58.6 Å². The molecule has 0 fully saturated rings. The molecular weight excluding hydrogens is 382 g/mol. The Bertz CT molecular complexity index is 1140. The Hall–Kier alpha value is -3.42. The van der Waals surface area contributed by atoms with Gasteiger partial charge in [0.1, 0.15) is 0 Å². The molecule has 0 bridgehead atoms. The van der Waals surface area contributed by atoms with E-state index < -0.39 is 5.97 Å². The van der Waals surface area contributed by atoms with Crippen molar-refractivity contribution in [1.82, 2.24) is 19.2 Å². The molecule has 8 heteroatoms. The maximum Gasteiger partial charge on any atom is 0.351 e. The second-order valence-corrected chi connectivity index (χ2v) is 6.39. The summed E-state index contributed by atoms with van der Waals surface area (Å²) in [6.45, 7) is 10.2. The van der Waals surface area contributed by atoms with Gasteiger partial charge < -0.3 is 10.5 Å². The molecule has 2 heterocycles. The van der Waals surface area contributed by atoms with E-state index >= 15 is 0 Å². The fourth-order valence-corrected chi connectivity index (χ4v) is 3.13. The van der Waals surface area contributed by atoms with Crippen molar-refractivity contribution in [3.63, 3.8) is 0 Å². The molecule has 0 unspecified atom stereocenters. The van der Waals surface area contributed by atoms with E-state index in [1.54, 1.807) is 18.2 Å². The topological polar surface area (TPSA) is 105 Å². The second-order valence-electron chi connectivity index (χ2n) is 6.39. The van der Waals surface area contributed by atoms with Crippen molar-refractivity contribution in [2.24, 2.45) is 0 Å². The molecule has 0 aliphatic rings. The van der Waals surface area contributed by atoms with E-state index in [9.17, 15) is 9.59 Å². The van der Waals surface area contributed by atoms with E-state index in [-0.39, 0.29) is 11.5 Å². The van der Waals surface area contributed by atoms with Crippen LogP contribution in [0.15, 0.2) is 47.3 Å². The number of hydrogen-bond donors (Lipinski definition) is 1. The quantitative estimate of drug-likeness (QED) is 0.469. The number of nitrogens with zero attached hydrogens (tertiary/aromatic N) is 4. The molecule has 0 atom stereocenters. The Morgan fingerprint density at radius 2 is 2.07 bits per heavy atom. The number of anilines is 1. The number of nitrogens with two attached hydrogens (primary N) is 1. The number of aromatic nitrogens is 4. The van der Waals surface area contributed by atoms with Crippen LogP contribution in [-0.4, -0.2) is 32.2 Å². The second kappa shape index (κ2) is 10.4. The molecule has 8 nitrogen and oxygen atoms in total. The molecule has 0 amide bonds. The van der Waals surface area contributed by atoms with Gasteiger partial charge in [0.15, 0.2) is 5.82 Å². The molecule has 3 aromatic rings. The van der Waals surface area contributed by atoms with Gasteiger partial charge in [0.25, 0.3) is 0 Å². The lowest BCUT2D eigenvalue weighted by Crippen LogP contribution is -2.22. The van der Waals surface area contributed by atoms with E-state index in [1.165, 1.54) is 16.2 Å². The number of esters is 1. The number of fused-ring (bicyclic) bond motifs is 3. The third-order valence-electron chi connectivity index (χ3n) is 4.46. The van der Waals surface area contributed by atoms with Crippen LogP contribution in [0.5, 0.6) is 0 Å². The summed E-state index contributed by atoms with van der Waals surface area (Å²) in [6, 6.07) is 4.78. The standard InChI is InChI=1S/C20H23N5O3.C2H6/c1-4-6-8-13(7-5-2)12-24-20(27)25-16-10-9-14(19(26)28-3)11-15(16)22-17(21)18(25)23-24;1-2/h4,7,9-11H,1,5-6,8,12H2,2-3H3,(H2,21,22);1-2H3/b13-7+;. The van der Waals surface area contributed by atoms with Gasteiger partial charge in [0.2, 0.25) is 5.65 Å². The summed E-state index contributed by atoms with van der Waals surface area (Å²) >= 11 is 0. The van der Waals surface area contributed by atoms with Gasteiger partial charge in [-0.25, -0.2) is 23.7 Å². The monoisotopic (exact) mass is 411 g/mol. The Kier molecular flexibility index (Phi) is 7.91. The maximum absolute atomic E-state index is 13.0. The molecule has 1 aromatic carbocycles. The van der Waals surface area contributed by atoms with E-state index in [0.717, 1.165) is 24.8 Å². The summed E-state index contributed by atoms with van der Waals surface area (Å²) in [5.74, 6) is -0.362.